The lowest BCUT2D eigenvalue weighted by Gasteiger charge is -2.09. The van der Waals surface area contributed by atoms with Gasteiger partial charge in [-0.25, -0.2) is 0 Å². The molecule has 0 aliphatic rings. The summed E-state index contributed by atoms with van der Waals surface area (Å²) >= 11 is 0. The molecule has 0 amide bonds. The van der Waals surface area contributed by atoms with Gasteiger partial charge in [-0.05, 0) is 42.3 Å². The van der Waals surface area contributed by atoms with Crippen LogP contribution in [0.15, 0.2) is 42.5 Å². The van der Waals surface area contributed by atoms with E-state index in [0.717, 1.165) is 11.1 Å². The Morgan fingerprint density at radius 1 is 1.20 bits per heavy atom. The van der Waals surface area contributed by atoms with Crippen molar-refractivity contribution >= 4 is 16.9 Å². The van der Waals surface area contributed by atoms with Crippen molar-refractivity contribution in [2.75, 3.05) is 0 Å². The fraction of sp³-hybridized carbons (Fsp3) is 0.167. The van der Waals surface area contributed by atoms with Gasteiger partial charge < -0.3 is 14.8 Å². The summed E-state index contributed by atoms with van der Waals surface area (Å²) in [6.07, 6.45) is -5.13. The number of benzene rings is 2. The molecule has 1 aromatic heterocycles. The zero-order valence-electron chi connectivity index (χ0n) is 13.1. The summed E-state index contributed by atoms with van der Waals surface area (Å²) in [6, 6.07) is 11.3. The van der Waals surface area contributed by atoms with Crippen LogP contribution in [0.2, 0.25) is 0 Å². The van der Waals surface area contributed by atoms with Gasteiger partial charge in [0.05, 0.1) is 12.1 Å². The Bertz CT molecular complexity index is 944. The quantitative estimate of drug-likeness (QED) is 0.719. The molecule has 1 heterocycles. The van der Waals surface area contributed by atoms with E-state index in [1.807, 2.05) is 31.2 Å². The van der Waals surface area contributed by atoms with Gasteiger partial charge in [0.2, 0.25) is 0 Å². The first-order valence-corrected chi connectivity index (χ1v) is 7.42. The van der Waals surface area contributed by atoms with Gasteiger partial charge in [0.1, 0.15) is 5.75 Å². The summed E-state index contributed by atoms with van der Waals surface area (Å²) in [7, 11) is 0. The van der Waals surface area contributed by atoms with Crippen LogP contribution < -0.4 is 4.74 Å². The molecular weight excluding hydrogens is 335 g/mol. The predicted octanol–water partition coefficient (Wildman–Crippen LogP) is 4.67. The lowest BCUT2D eigenvalue weighted by molar-refractivity contribution is -0.274. The molecule has 0 atom stereocenters. The molecule has 2 N–H and O–H groups in total. The number of aromatic amines is 1. The number of carboxylic acids is 1. The zero-order chi connectivity index (χ0) is 18.2. The van der Waals surface area contributed by atoms with Crippen LogP contribution in [0.5, 0.6) is 5.75 Å². The van der Waals surface area contributed by atoms with E-state index in [9.17, 15) is 23.1 Å². The Hall–Kier alpha value is -2.96. The van der Waals surface area contributed by atoms with Crippen molar-refractivity contribution in [2.24, 2.45) is 0 Å². The molecule has 25 heavy (non-hydrogen) atoms. The number of rotatable bonds is 4. The number of aryl methyl sites for hydroxylation is 1. The summed E-state index contributed by atoms with van der Waals surface area (Å²) in [5.41, 5.74) is 3.29. The predicted molar refractivity (Wildman–Crippen MR) is 86.5 cm³/mol. The largest absolute Gasteiger partial charge is 0.573 e. The third-order valence-electron chi connectivity index (χ3n) is 3.75. The van der Waals surface area contributed by atoms with Gasteiger partial charge in [-0.3, -0.25) is 4.79 Å². The Morgan fingerprint density at radius 3 is 2.60 bits per heavy atom. The maximum atomic E-state index is 12.4. The van der Waals surface area contributed by atoms with Gasteiger partial charge in [-0.1, -0.05) is 23.8 Å². The van der Waals surface area contributed by atoms with Crippen molar-refractivity contribution in [3.8, 4) is 17.0 Å². The first kappa shape index (κ1) is 16.9. The standard InChI is InChI=1S/C18H14F3NO3/c1-10-3-2-4-11(7-10)17-14(9-16(23)24)13-8-12(25-18(19,20)21)5-6-15(13)22-17/h2-8,22H,9H2,1H3,(H,23,24). The first-order valence-electron chi connectivity index (χ1n) is 7.42. The molecule has 0 spiro atoms. The highest BCUT2D eigenvalue weighted by Gasteiger charge is 2.31. The van der Waals surface area contributed by atoms with E-state index in [1.54, 1.807) is 0 Å². The Morgan fingerprint density at radius 2 is 1.96 bits per heavy atom. The maximum Gasteiger partial charge on any atom is 0.573 e. The molecule has 2 aromatic carbocycles. The fourth-order valence-corrected chi connectivity index (χ4v) is 2.81. The van der Waals surface area contributed by atoms with E-state index < -0.39 is 12.3 Å². The summed E-state index contributed by atoms with van der Waals surface area (Å²) in [6.45, 7) is 1.90. The number of hydrogen-bond donors (Lipinski definition) is 2. The van der Waals surface area contributed by atoms with E-state index in [1.165, 1.54) is 18.2 Å². The molecule has 3 rings (SSSR count). The number of nitrogens with one attached hydrogen (secondary N) is 1. The monoisotopic (exact) mass is 349 g/mol. The molecule has 4 nitrogen and oxygen atoms in total. The highest BCUT2D eigenvalue weighted by molar-refractivity contribution is 5.94. The minimum Gasteiger partial charge on any atom is -0.481 e. The number of aromatic nitrogens is 1. The lowest BCUT2D eigenvalue weighted by atomic mass is 10.0. The molecule has 0 unspecified atom stereocenters. The van der Waals surface area contributed by atoms with Crippen LogP contribution in [0.1, 0.15) is 11.1 Å². The highest BCUT2D eigenvalue weighted by atomic mass is 19.4. The SMILES string of the molecule is Cc1cccc(-c2[nH]c3ccc(OC(F)(F)F)cc3c2CC(=O)O)c1. The second-order valence-electron chi connectivity index (χ2n) is 5.67. The third kappa shape index (κ3) is 3.76. The molecule has 0 bridgehead atoms. The normalized spacial score (nSPS) is 11.7. The van der Waals surface area contributed by atoms with Crippen LogP contribution in [0.25, 0.3) is 22.2 Å². The molecule has 0 aliphatic heterocycles. The van der Waals surface area contributed by atoms with Crippen molar-refractivity contribution in [1.29, 1.82) is 0 Å². The zero-order valence-corrected chi connectivity index (χ0v) is 13.1. The van der Waals surface area contributed by atoms with Crippen molar-refractivity contribution < 1.29 is 27.8 Å². The van der Waals surface area contributed by atoms with Crippen molar-refractivity contribution in [2.45, 2.75) is 19.7 Å². The number of H-pyrrole nitrogens is 1. The molecule has 0 saturated carbocycles. The Labute approximate surface area is 140 Å². The van der Waals surface area contributed by atoms with Crippen LogP contribution in [-0.2, 0) is 11.2 Å². The summed E-state index contributed by atoms with van der Waals surface area (Å²) in [4.78, 5) is 14.4. The van der Waals surface area contributed by atoms with Crippen LogP contribution >= 0.6 is 0 Å². The molecule has 3 aromatic rings. The molecule has 0 aliphatic carbocycles. The van der Waals surface area contributed by atoms with E-state index in [2.05, 4.69) is 9.72 Å². The molecular formula is C18H14F3NO3. The van der Waals surface area contributed by atoms with Gasteiger partial charge in [0.25, 0.3) is 0 Å². The number of fused-ring (bicyclic) bond motifs is 1. The molecule has 0 saturated heterocycles. The van der Waals surface area contributed by atoms with E-state index in [4.69, 9.17) is 0 Å². The summed E-state index contributed by atoms with van der Waals surface area (Å²) < 4.78 is 41.3. The number of alkyl halides is 3. The van der Waals surface area contributed by atoms with E-state index >= 15 is 0 Å². The maximum absolute atomic E-state index is 12.4. The third-order valence-corrected chi connectivity index (χ3v) is 3.75. The van der Waals surface area contributed by atoms with E-state index in [-0.39, 0.29) is 12.2 Å². The molecule has 0 fully saturated rings. The summed E-state index contributed by atoms with van der Waals surface area (Å²) in [5, 5.41) is 9.59. The number of halogens is 3. The Balaban J connectivity index is 2.18. The van der Waals surface area contributed by atoms with Crippen LogP contribution in [0.3, 0.4) is 0 Å². The number of ether oxygens (including phenoxy) is 1. The van der Waals surface area contributed by atoms with Gasteiger partial charge in [-0.15, -0.1) is 13.2 Å². The highest BCUT2D eigenvalue weighted by Crippen LogP contribution is 2.34. The lowest BCUT2D eigenvalue weighted by Crippen LogP contribution is -2.17. The topological polar surface area (TPSA) is 62.3 Å². The second-order valence-corrected chi connectivity index (χ2v) is 5.67. The number of carbonyl (C=O) groups is 1. The second kappa shape index (κ2) is 6.16. The van der Waals surface area contributed by atoms with Crippen molar-refractivity contribution in [1.82, 2.24) is 4.98 Å². The number of hydrogen-bond acceptors (Lipinski definition) is 2. The van der Waals surface area contributed by atoms with Gasteiger partial charge in [-0.2, -0.15) is 0 Å². The van der Waals surface area contributed by atoms with E-state index in [0.29, 0.717) is 22.2 Å². The summed E-state index contributed by atoms with van der Waals surface area (Å²) in [5.74, 6) is -1.46. The van der Waals surface area contributed by atoms with Crippen LogP contribution in [0.4, 0.5) is 13.2 Å². The van der Waals surface area contributed by atoms with Crippen LogP contribution in [-0.4, -0.2) is 22.4 Å². The minimum atomic E-state index is -4.81. The van der Waals surface area contributed by atoms with Gasteiger partial charge in [0.15, 0.2) is 0 Å². The van der Waals surface area contributed by atoms with Crippen LogP contribution in [0, 0.1) is 6.92 Å². The van der Waals surface area contributed by atoms with Crippen molar-refractivity contribution in [3.05, 3.63) is 53.6 Å². The van der Waals surface area contributed by atoms with Gasteiger partial charge >= 0.3 is 12.3 Å². The Kier molecular flexibility index (Phi) is 4.16. The first-order chi connectivity index (χ1) is 11.7. The number of carboxylic acid groups (broad SMARTS) is 1. The average Bonchev–Trinajstić information content (AvgIpc) is 2.83. The van der Waals surface area contributed by atoms with Crippen molar-refractivity contribution in [3.63, 3.8) is 0 Å². The van der Waals surface area contributed by atoms with Gasteiger partial charge in [0, 0.05) is 10.9 Å². The number of aliphatic carboxylic acids is 1. The smallest absolute Gasteiger partial charge is 0.481 e. The molecule has 130 valence electrons. The molecule has 0 radical (unpaired) electrons. The fourth-order valence-electron chi connectivity index (χ4n) is 2.81. The molecule has 7 heteroatoms. The minimum absolute atomic E-state index is 0.321. The average molecular weight is 349 g/mol.